The minimum Gasteiger partial charge on any atom is -0.372 e. The Bertz CT molecular complexity index is 951. The molecule has 1 aromatic heterocycles. The minimum atomic E-state index is -0.228. The second-order valence-corrected chi connectivity index (χ2v) is 8.62. The normalized spacial score (nSPS) is 24.8. The second kappa shape index (κ2) is 9.17. The average molecular weight is 426 g/mol. The van der Waals surface area contributed by atoms with Gasteiger partial charge < -0.3 is 21.7 Å². The molecule has 0 radical (unpaired) electrons. The maximum absolute atomic E-state index is 12.5. The Labute approximate surface area is 182 Å². The highest BCUT2D eigenvalue weighted by Gasteiger charge is 2.58. The van der Waals surface area contributed by atoms with Crippen molar-refractivity contribution in [3.8, 4) is 5.69 Å². The fourth-order valence-electron chi connectivity index (χ4n) is 4.82. The number of primary amides is 1. The van der Waals surface area contributed by atoms with Crippen LogP contribution in [0.1, 0.15) is 12.0 Å². The molecule has 2 unspecified atom stereocenters. The van der Waals surface area contributed by atoms with Crippen molar-refractivity contribution in [2.24, 2.45) is 22.8 Å². The van der Waals surface area contributed by atoms with Gasteiger partial charge in [0.25, 0.3) is 0 Å². The van der Waals surface area contributed by atoms with Gasteiger partial charge in [0.15, 0.2) is 0 Å². The van der Waals surface area contributed by atoms with Crippen molar-refractivity contribution >= 4 is 12.2 Å². The number of carbonyl (C=O) groups is 1. The molecule has 0 bridgehead atoms. The predicted octanol–water partition coefficient (Wildman–Crippen LogP) is -0.476. The highest BCUT2D eigenvalue weighted by molar-refractivity contribution is 5.42. The Hall–Kier alpha value is -2.75. The van der Waals surface area contributed by atoms with Crippen LogP contribution in [0.5, 0.6) is 0 Å². The number of nitrogens with one attached hydrogen (secondary N) is 1. The summed E-state index contributed by atoms with van der Waals surface area (Å²) >= 11 is 0. The van der Waals surface area contributed by atoms with Gasteiger partial charge >= 0.3 is 5.69 Å². The molecule has 3 aliphatic rings. The lowest BCUT2D eigenvalue weighted by molar-refractivity contribution is -0.106. The highest BCUT2D eigenvalue weighted by atomic mass is 16.1. The third-order valence-electron chi connectivity index (χ3n) is 6.63. The van der Waals surface area contributed by atoms with E-state index in [9.17, 15) is 4.79 Å². The first-order valence-corrected chi connectivity index (χ1v) is 10.8. The van der Waals surface area contributed by atoms with Crippen LogP contribution in [0, 0.1) is 11.3 Å². The summed E-state index contributed by atoms with van der Waals surface area (Å²) in [6.07, 6.45) is 3.39. The zero-order chi connectivity index (χ0) is 21.8. The van der Waals surface area contributed by atoms with Crippen LogP contribution in [0.4, 0.5) is 5.82 Å². The Balaban J connectivity index is 0.000000730. The first kappa shape index (κ1) is 21.5. The summed E-state index contributed by atoms with van der Waals surface area (Å²) < 4.78 is 1.62. The molecule has 166 valence electrons. The molecular formula is C22H31N7O2. The van der Waals surface area contributed by atoms with E-state index in [2.05, 4.69) is 38.0 Å². The van der Waals surface area contributed by atoms with Crippen LogP contribution in [0.15, 0.2) is 41.3 Å². The first-order chi connectivity index (χ1) is 15.1. The van der Waals surface area contributed by atoms with Crippen LogP contribution in [0.25, 0.3) is 5.69 Å². The zero-order valence-corrected chi connectivity index (χ0v) is 17.7. The third kappa shape index (κ3) is 4.63. The molecule has 1 saturated carbocycles. The van der Waals surface area contributed by atoms with Crippen LogP contribution in [-0.2, 0) is 11.3 Å². The molecule has 1 aliphatic carbocycles. The van der Waals surface area contributed by atoms with Gasteiger partial charge in [-0.25, -0.2) is 4.79 Å². The zero-order valence-electron chi connectivity index (χ0n) is 17.7. The van der Waals surface area contributed by atoms with E-state index in [1.165, 1.54) is 12.0 Å². The van der Waals surface area contributed by atoms with E-state index < -0.39 is 0 Å². The Morgan fingerprint density at radius 3 is 2.52 bits per heavy atom. The molecule has 2 saturated heterocycles. The number of rotatable bonds is 5. The van der Waals surface area contributed by atoms with Gasteiger partial charge in [0.2, 0.25) is 6.41 Å². The molecule has 5 rings (SSSR count). The summed E-state index contributed by atoms with van der Waals surface area (Å²) in [5, 5.41) is 3.31. The van der Waals surface area contributed by atoms with E-state index in [1.54, 1.807) is 4.57 Å². The topological polar surface area (TPSA) is 123 Å². The summed E-state index contributed by atoms with van der Waals surface area (Å²) in [6, 6.07) is 10.2. The van der Waals surface area contributed by atoms with Gasteiger partial charge in [-0.05, 0) is 48.1 Å². The molecule has 3 heterocycles. The van der Waals surface area contributed by atoms with Crippen LogP contribution in [0.2, 0.25) is 0 Å². The molecule has 1 aromatic carbocycles. The fraction of sp³-hybridized carbons (Fsp3) is 0.500. The quantitative estimate of drug-likeness (QED) is 0.553. The molecule has 1 amide bonds. The number of hydrogen-bond acceptors (Lipinski definition) is 7. The fourth-order valence-corrected chi connectivity index (χ4v) is 4.82. The number of amides is 1. The Morgan fingerprint density at radius 1 is 1.19 bits per heavy atom. The van der Waals surface area contributed by atoms with E-state index in [-0.39, 0.29) is 12.1 Å². The number of anilines is 1. The summed E-state index contributed by atoms with van der Waals surface area (Å²) in [5.41, 5.74) is 12.4. The number of fused-ring (bicyclic) bond motifs is 1. The van der Waals surface area contributed by atoms with E-state index in [1.807, 2.05) is 24.4 Å². The number of carbonyl (C=O) groups excluding carboxylic acids is 1. The smallest absolute Gasteiger partial charge is 0.354 e. The summed E-state index contributed by atoms with van der Waals surface area (Å²) in [6.45, 7) is 7.66. The van der Waals surface area contributed by atoms with Gasteiger partial charge in [-0.3, -0.25) is 14.3 Å². The molecule has 2 atom stereocenters. The van der Waals surface area contributed by atoms with Gasteiger partial charge in [0, 0.05) is 52.0 Å². The largest absolute Gasteiger partial charge is 0.372 e. The second-order valence-electron chi connectivity index (χ2n) is 8.62. The molecule has 9 heteroatoms. The van der Waals surface area contributed by atoms with E-state index in [0.717, 1.165) is 69.8 Å². The Kier molecular flexibility index (Phi) is 6.35. The van der Waals surface area contributed by atoms with E-state index >= 15 is 0 Å². The van der Waals surface area contributed by atoms with Gasteiger partial charge in [0.1, 0.15) is 5.82 Å². The lowest BCUT2D eigenvalue weighted by Crippen LogP contribution is -2.44. The molecular weight excluding hydrogens is 394 g/mol. The first-order valence-electron chi connectivity index (χ1n) is 10.8. The van der Waals surface area contributed by atoms with Crippen molar-refractivity contribution < 1.29 is 4.79 Å². The lowest BCUT2D eigenvalue weighted by atomic mass is 10.1. The van der Waals surface area contributed by atoms with Crippen molar-refractivity contribution in [3.05, 3.63) is 52.6 Å². The minimum absolute atomic E-state index is 0.228. The average Bonchev–Trinajstić information content (AvgIpc) is 3.36. The van der Waals surface area contributed by atoms with Crippen molar-refractivity contribution in [1.29, 1.82) is 0 Å². The van der Waals surface area contributed by atoms with Crippen LogP contribution in [0.3, 0.4) is 0 Å². The molecule has 0 spiro atoms. The number of piperidine rings is 1. The highest BCUT2D eigenvalue weighted by Crippen LogP contribution is 2.57. The standard InChI is InChI=1S/C21H28N6O.CH3NO/c22-14-21-11-17(21)13-25(15-21)12-16-1-3-18(4-2-16)27-8-5-19(24-20(27)28)26-9-6-23-7-10-26;2-1-3/h1-5,8,17,23H,6-7,9-15,22H2;1H,(H2,2,3). The van der Waals surface area contributed by atoms with Crippen molar-refractivity contribution in [3.63, 3.8) is 0 Å². The maximum Gasteiger partial charge on any atom is 0.354 e. The number of benzene rings is 1. The van der Waals surface area contributed by atoms with Gasteiger partial charge in [0.05, 0.1) is 5.69 Å². The van der Waals surface area contributed by atoms with Crippen LogP contribution >= 0.6 is 0 Å². The third-order valence-corrected chi connectivity index (χ3v) is 6.63. The maximum atomic E-state index is 12.5. The number of nitrogens with zero attached hydrogens (tertiary/aromatic N) is 4. The number of likely N-dealkylation sites (tertiary alicyclic amines) is 1. The van der Waals surface area contributed by atoms with Gasteiger partial charge in [-0.2, -0.15) is 4.98 Å². The lowest BCUT2D eigenvalue weighted by Gasteiger charge is -2.28. The summed E-state index contributed by atoms with van der Waals surface area (Å²) in [4.78, 5) is 30.1. The number of hydrogen-bond donors (Lipinski definition) is 3. The molecule has 2 aliphatic heterocycles. The predicted molar refractivity (Wildman–Crippen MR) is 120 cm³/mol. The molecule has 9 nitrogen and oxygen atoms in total. The summed E-state index contributed by atoms with van der Waals surface area (Å²) in [7, 11) is 0. The molecule has 31 heavy (non-hydrogen) atoms. The number of piperazine rings is 1. The molecule has 3 fully saturated rings. The van der Waals surface area contributed by atoms with Crippen molar-refractivity contribution in [2.45, 2.75) is 13.0 Å². The molecule has 5 N–H and O–H groups in total. The summed E-state index contributed by atoms with van der Waals surface area (Å²) in [5.74, 6) is 1.57. The number of aromatic nitrogens is 2. The number of nitrogens with two attached hydrogens (primary N) is 2. The SMILES string of the molecule is NC=O.NCC12CC1CN(Cc1ccc(-n3ccc(N4CCNCC4)nc3=O)cc1)C2. The van der Waals surface area contributed by atoms with E-state index in [0.29, 0.717) is 5.41 Å². The van der Waals surface area contributed by atoms with E-state index in [4.69, 9.17) is 10.5 Å². The molecule has 2 aromatic rings. The van der Waals surface area contributed by atoms with Crippen molar-refractivity contribution in [2.75, 3.05) is 50.7 Å². The van der Waals surface area contributed by atoms with Crippen LogP contribution < -0.4 is 27.4 Å². The Morgan fingerprint density at radius 2 is 1.90 bits per heavy atom. The van der Waals surface area contributed by atoms with Gasteiger partial charge in [-0.1, -0.05) is 12.1 Å². The van der Waals surface area contributed by atoms with Gasteiger partial charge in [-0.15, -0.1) is 0 Å². The van der Waals surface area contributed by atoms with Crippen LogP contribution in [-0.4, -0.2) is 66.7 Å². The monoisotopic (exact) mass is 425 g/mol. The van der Waals surface area contributed by atoms with Crippen molar-refractivity contribution in [1.82, 2.24) is 19.8 Å².